The van der Waals surface area contributed by atoms with E-state index in [0.29, 0.717) is 6.61 Å². The van der Waals surface area contributed by atoms with Gasteiger partial charge in [0.15, 0.2) is 9.84 Å². The van der Waals surface area contributed by atoms with Crippen LogP contribution in [-0.2, 0) is 14.6 Å². The van der Waals surface area contributed by atoms with Gasteiger partial charge in [-0.2, -0.15) is 0 Å². The Morgan fingerprint density at radius 3 is 2.57 bits per heavy atom. The number of ether oxygens (including phenoxy) is 1. The molecule has 2 unspecified atom stereocenters. The van der Waals surface area contributed by atoms with E-state index in [1.54, 1.807) is 11.9 Å². The maximum Gasteiger partial charge on any atom is 0.254 e. The minimum atomic E-state index is -3.41. The lowest BCUT2D eigenvalue weighted by Crippen LogP contribution is -2.41. The third-order valence-corrected chi connectivity index (χ3v) is 4.85. The van der Waals surface area contributed by atoms with Crippen molar-refractivity contribution in [3.8, 4) is 0 Å². The number of benzene rings is 1. The highest BCUT2D eigenvalue weighted by Crippen LogP contribution is 2.22. The number of nitrogens with zero attached hydrogens (tertiary/aromatic N) is 1. The third kappa shape index (κ3) is 3.36. The zero-order valence-corrected chi connectivity index (χ0v) is 13.2. The van der Waals surface area contributed by atoms with Gasteiger partial charge in [0, 0.05) is 31.2 Å². The van der Waals surface area contributed by atoms with Gasteiger partial charge in [0.25, 0.3) is 5.91 Å². The smallest absolute Gasteiger partial charge is 0.254 e. The Morgan fingerprint density at radius 2 is 2.05 bits per heavy atom. The number of sulfone groups is 1. The first-order valence-corrected chi connectivity index (χ1v) is 8.58. The lowest BCUT2D eigenvalue weighted by atomic mass is 10.1. The molecule has 1 heterocycles. The molecule has 7 heteroatoms. The summed E-state index contributed by atoms with van der Waals surface area (Å²) in [6.45, 7) is 2.54. The molecule has 1 aliphatic heterocycles. The van der Waals surface area contributed by atoms with E-state index in [2.05, 4.69) is 0 Å². The molecule has 0 aromatic heterocycles. The molecule has 1 aromatic carbocycles. The number of carbonyl (C=O) groups is 1. The van der Waals surface area contributed by atoms with Crippen LogP contribution in [0.15, 0.2) is 23.1 Å². The topological polar surface area (TPSA) is 89.7 Å². The minimum absolute atomic E-state index is 0.0133. The fourth-order valence-corrected chi connectivity index (χ4v) is 3.23. The summed E-state index contributed by atoms with van der Waals surface area (Å²) in [5, 5.41) is 0. The lowest BCUT2D eigenvalue weighted by molar-refractivity contribution is 0.0574. The van der Waals surface area contributed by atoms with Gasteiger partial charge in [-0.25, -0.2) is 8.42 Å². The van der Waals surface area contributed by atoms with E-state index in [1.165, 1.54) is 18.2 Å². The highest BCUT2D eigenvalue weighted by atomic mass is 32.2. The number of amides is 1. The fraction of sp³-hybridized carbons (Fsp3) is 0.500. The van der Waals surface area contributed by atoms with E-state index < -0.39 is 9.84 Å². The normalized spacial score (nSPS) is 22.2. The van der Waals surface area contributed by atoms with Crippen LogP contribution in [0.5, 0.6) is 0 Å². The van der Waals surface area contributed by atoms with Crippen LogP contribution in [0.25, 0.3) is 0 Å². The largest absolute Gasteiger partial charge is 0.399 e. The van der Waals surface area contributed by atoms with Crippen molar-refractivity contribution in [1.82, 2.24) is 4.90 Å². The van der Waals surface area contributed by atoms with Gasteiger partial charge < -0.3 is 15.4 Å². The lowest BCUT2D eigenvalue weighted by Gasteiger charge is -2.27. The van der Waals surface area contributed by atoms with Gasteiger partial charge in [0.1, 0.15) is 0 Å². The van der Waals surface area contributed by atoms with Crippen LogP contribution >= 0.6 is 0 Å². The third-order valence-electron chi connectivity index (χ3n) is 3.76. The first-order valence-electron chi connectivity index (χ1n) is 6.69. The second-order valence-corrected chi connectivity index (χ2v) is 7.43. The first kappa shape index (κ1) is 15.8. The molecular formula is C14H20N2O4S. The SMILES string of the molecule is CC1OCCC1N(C)C(=O)c1cc(N)cc(S(C)(=O)=O)c1. The molecule has 0 spiro atoms. The molecule has 116 valence electrons. The van der Waals surface area contributed by atoms with E-state index in [-0.39, 0.29) is 34.2 Å². The number of hydrogen-bond donors (Lipinski definition) is 1. The molecule has 0 saturated carbocycles. The van der Waals surface area contributed by atoms with Gasteiger partial charge in [-0.3, -0.25) is 4.79 Å². The summed E-state index contributed by atoms with van der Waals surface area (Å²) < 4.78 is 28.7. The summed E-state index contributed by atoms with van der Waals surface area (Å²) in [6.07, 6.45) is 1.83. The highest BCUT2D eigenvalue weighted by Gasteiger charge is 2.31. The van der Waals surface area contributed by atoms with E-state index in [9.17, 15) is 13.2 Å². The fourth-order valence-electron chi connectivity index (χ4n) is 2.54. The molecule has 2 rings (SSSR count). The summed E-state index contributed by atoms with van der Waals surface area (Å²) >= 11 is 0. The Bertz CT molecular complexity index is 657. The Morgan fingerprint density at radius 1 is 1.38 bits per heavy atom. The van der Waals surface area contributed by atoms with Crippen molar-refractivity contribution in [2.45, 2.75) is 30.4 Å². The standard InChI is InChI=1S/C14H20N2O4S/c1-9-13(4-5-20-9)16(2)14(17)10-6-11(15)8-12(7-10)21(3,18)19/h6-9,13H,4-5,15H2,1-3H3. The van der Waals surface area contributed by atoms with E-state index in [0.717, 1.165) is 12.7 Å². The molecule has 1 aromatic rings. The molecule has 0 radical (unpaired) electrons. The van der Waals surface area contributed by atoms with Gasteiger partial charge in [-0.15, -0.1) is 0 Å². The van der Waals surface area contributed by atoms with Crippen molar-refractivity contribution in [3.63, 3.8) is 0 Å². The molecule has 0 bridgehead atoms. The Labute approximate surface area is 124 Å². The maximum absolute atomic E-state index is 12.5. The zero-order chi connectivity index (χ0) is 15.8. The summed E-state index contributed by atoms with van der Waals surface area (Å²) in [5.74, 6) is -0.255. The zero-order valence-electron chi connectivity index (χ0n) is 12.4. The van der Waals surface area contributed by atoms with Crippen molar-refractivity contribution in [2.75, 3.05) is 25.6 Å². The van der Waals surface area contributed by atoms with Crippen molar-refractivity contribution < 1.29 is 17.9 Å². The number of anilines is 1. The van der Waals surface area contributed by atoms with Gasteiger partial charge in [-0.05, 0) is 31.5 Å². The summed E-state index contributed by atoms with van der Waals surface area (Å²) in [6, 6.07) is 4.20. The number of rotatable bonds is 3. The molecule has 1 fully saturated rings. The van der Waals surface area contributed by atoms with Crippen molar-refractivity contribution in [1.29, 1.82) is 0 Å². The van der Waals surface area contributed by atoms with Gasteiger partial charge in [0.05, 0.1) is 17.0 Å². The Hall–Kier alpha value is -1.60. The Balaban J connectivity index is 2.33. The van der Waals surface area contributed by atoms with Crippen molar-refractivity contribution in [3.05, 3.63) is 23.8 Å². The van der Waals surface area contributed by atoms with Crippen molar-refractivity contribution in [2.24, 2.45) is 0 Å². The number of nitrogens with two attached hydrogens (primary N) is 1. The number of hydrogen-bond acceptors (Lipinski definition) is 5. The molecule has 0 aliphatic carbocycles. The predicted molar refractivity (Wildman–Crippen MR) is 79.9 cm³/mol. The average molecular weight is 312 g/mol. The highest BCUT2D eigenvalue weighted by molar-refractivity contribution is 7.90. The maximum atomic E-state index is 12.5. The molecule has 1 aliphatic rings. The number of carbonyl (C=O) groups excluding carboxylic acids is 1. The first-order chi connectivity index (χ1) is 9.70. The second-order valence-electron chi connectivity index (χ2n) is 5.41. The summed E-state index contributed by atoms with van der Waals surface area (Å²) in [7, 11) is -1.72. The van der Waals surface area contributed by atoms with Crippen LogP contribution in [0.2, 0.25) is 0 Å². The number of nitrogen functional groups attached to an aromatic ring is 1. The van der Waals surface area contributed by atoms with Crippen LogP contribution in [0.3, 0.4) is 0 Å². The molecule has 1 saturated heterocycles. The number of likely N-dealkylation sites (N-methyl/N-ethyl adjacent to an activating group) is 1. The van der Waals surface area contributed by atoms with Crippen LogP contribution in [0.4, 0.5) is 5.69 Å². The van der Waals surface area contributed by atoms with Crippen LogP contribution in [0, 0.1) is 0 Å². The van der Waals surface area contributed by atoms with Crippen LogP contribution in [-0.4, -0.2) is 51.3 Å². The van der Waals surface area contributed by atoms with Gasteiger partial charge >= 0.3 is 0 Å². The van der Waals surface area contributed by atoms with Crippen LogP contribution < -0.4 is 5.73 Å². The molecule has 2 N–H and O–H groups in total. The minimum Gasteiger partial charge on any atom is -0.399 e. The van der Waals surface area contributed by atoms with E-state index in [1.807, 2.05) is 6.92 Å². The summed E-state index contributed by atoms with van der Waals surface area (Å²) in [4.78, 5) is 14.2. The van der Waals surface area contributed by atoms with Gasteiger partial charge in [-0.1, -0.05) is 0 Å². The van der Waals surface area contributed by atoms with E-state index in [4.69, 9.17) is 10.5 Å². The molecule has 1 amide bonds. The summed E-state index contributed by atoms with van der Waals surface area (Å²) in [5.41, 5.74) is 6.24. The molecule has 6 nitrogen and oxygen atoms in total. The van der Waals surface area contributed by atoms with Crippen LogP contribution in [0.1, 0.15) is 23.7 Å². The molecule has 2 atom stereocenters. The van der Waals surface area contributed by atoms with E-state index >= 15 is 0 Å². The molecule has 21 heavy (non-hydrogen) atoms. The van der Waals surface area contributed by atoms with Gasteiger partial charge in [0.2, 0.25) is 0 Å². The molecular weight excluding hydrogens is 292 g/mol. The predicted octanol–water partition coefficient (Wildman–Crippen LogP) is 0.922. The average Bonchev–Trinajstić information content (AvgIpc) is 2.81. The second kappa shape index (κ2) is 5.65. The monoisotopic (exact) mass is 312 g/mol. The van der Waals surface area contributed by atoms with Crippen molar-refractivity contribution >= 4 is 21.4 Å². The quantitative estimate of drug-likeness (QED) is 0.838. The Kier molecular flexibility index (Phi) is 4.25.